The lowest BCUT2D eigenvalue weighted by atomic mass is 9.97. The first-order valence-electron chi connectivity index (χ1n) is 5.73. The van der Waals surface area contributed by atoms with Crippen molar-refractivity contribution in [2.75, 3.05) is 0 Å². The lowest BCUT2D eigenvalue weighted by Crippen LogP contribution is -2.07. The van der Waals surface area contributed by atoms with Gasteiger partial charge in [-0.2, -0.15) is 0 Å². The molecular weight excluding hydrogens is 184 g/mol. The average molecular weight is 204 g/mol. The molecule has 0 aliphatic carbocycles. The van der Waals surface area contributed by atoms with Gasteiger partial charge in [0.25, 0.3) is 0 Å². The second-order valence-corrected chi connectivity index (χ2v) is 3.74. The van der Waals surface area contributed by atoms with Gasteiger partial charge < -0.3 is 5.11 Å². The summed E-state index contributed by atoms with van der Waals surface area (Å²) < 4.78 is 0. The minimum atomic E-state index is -0.334. The summed E-state index contributed by atoms with van der Waals surface area (Å²) in [6.07, 6.45) is 4.74. The zero-order valence-corrected chi connectivity index (χ0v) is 9.61. The minimum Gasteiger partial charge on any atom is -0.388 e. The Morgan fingerprint density at radius 3 is 2.47 bits per heavy atom. The molecule has 15 heavy (non-hydrogen) atoms. The summed E-state index contributed by atoms with van der Waals surface area (Å²) in [5.74, 6) is 0. The van der Waals surface area contributed by atoms with Crippen LogP contribution in [0.5, 0.6) is 0 Å². The molecule has 1 atom stereocenters. The van der Waals surface area contributed by atoms with E-state index in [4.69, 9.17) is 0 Å². The Bertz CT molecular complexity index is 300. The van der Waals surface area contributed by atoms with Crippen molar-refractivity contribution in [3.8, 4) is 0 Å². The summed E-state index contributed by atoms with van der Waals surface area (Å²) in [6.45, 7) is 4.16. The van der Waals surface area contributed by atoms with Crippen LogP contribution in [0.3, 0.4) is 0 Å². The molecule has 82 valence electrons. The Labute approximate surface area is 92.5 Å². The monoisotopic (exact) mass is 204 g/mol. The Morgan fingerprint density at radius 1 is 1.27 bits per heavy atom. The average Bonchev–Trinajstić information content (AvgIpc) is 2.30. The molecule has 1 unspecified atom stereocenters. The number of allylic oxidation sites excluding steroid dienone is 1. The van der Waals surface area contributed by atoms with E-state index < -0.39 is 0 Å². The summed E-state index contributed by atoms with van der Waals surface area (Å²) in [4.78, 5) is 0. The van der Waals surface area contributed by atoms with E-state index in [0.717, 1.165) is 30.4 Å². The number of aliphatic hydroxyl groups is 1. The van der Waals surface area contributed by atoms with Gasteiger partial charge in [-0.3, -0.25) is 0 Å². The van der Waals surface area contributed by atoms with Gasteiger partial charge in [0.05, 0.1) is 6.10 Å². The number of rotatable bonds is 5. The molecular formula is C14H20O. The predicted molar refractivity (Wildman–Crippen MR) is 65.6 cm³/mol. The molecule has 1 aromatic carbocycles. The highest BCUT2D eigenvalue weighted by Crippen LogP contribution is 2.21. The van der Waals surface area contributed by atoms with Gasteiger partial charge in [0.1, 0.15) is 0 Å². The predicted octanol–water partition coefficient (Wildman–Crippen LogP) is 3.64. The number of hydrogen-bond acceptors (Lipinski definition) is 1. The summed E-state index contributed by atoms with van der Waals surface area (Å²) in [7, 11) is 0. The second-order valence-electron chi connectivity index (χ2n) is 3.74. The molecule has 0 bridgehead atoms. The fourth-order valence-corrected chi connectivity index (χ4v) is 1.60. The van der Waals surface area contributed by atoms with E-state index in [1.165, 1.54) is 0 Å². The number of benzene rings is 1. The summed E-state index contributed by atoms with van der Waals surface area (Å²) >= 11 is 0. The third-order valence-corrected chi connectivity index (χ3v) is 2.51. The van der Waals surface area contributed by atoms with Crippen LogP contribution in [-0.4, -0.2) is 11.2 Å². The Hall–Kier alpha value is -1.08. The van der Waals surface area contributed by atoms with Gasteiger partial charge in [0.2, 0.25) is 0 Å². The smallest absolute Gasteiger partial charge is 0.0790 e. The van der Waals surface area contributed by atoms with E-state index in [2.05, 4.69) is 25.1 Å². The first kappa shape index (κ1) is 12.0. The minimum absolute atomic E-state index is 0.334. The van der Waals surface area contributed by atoms with Crippen molar-refractivity contribution in [3.05, 3.63) is 42.0 Å². The van der Waals surface area contributed by atoms with Gasteiger partial charge in [-0.05, 0) is 24.0 Å². The quantitative estimate of drug-likeness (QED) is 0.776. The maximum absolute atomic E-state index is 9.93. The van der Waals surface area contributed by atoms with Crippen molar-refractivity contribution in [1.82, 2.24) is 0 Å². The van der Waals surface area contributed by atoms with Gasteiger partial charge in [-0.1, -0.05) is 56.7 Å². The zero-order valence-electron chi connectivity index (χ0n) is 9.61. The molecule has 0 aromatic heterocycles. The topological polar surface area (TPSA) is 20.2 Å². The van der Waals surface area contributed by atoms with Crippen LogP contribution in [0.1, 0.15) is 38.7 Å². The van der Waals surface area contributed by atoms with Crippen LogP contribution >= 0.6 is 0 Å². The van der Waals surface area contributed by atoms with Crippen molar-refractivity contribution in [3.63, 3.8) is 0 Å². The molecule has 0 amide bonds. The number of aliphatic hydroxyl groups excluding tert-OH is 1. The normalized spacial score (nSPS) is 13.9. The van der Waals surface area contributed by atoms with Crippen molar-refractivity contribution in [2.24, 2.45) is 0 Å². The van der Waals surface area contributed by atoms with E-state index >= 15 is 0 Å². The maximum atomic E-state index is 9.93. The summed E-state index contributed by atoms with van der Waals surface area (Å²) in [6, 6.07) is 10.1. The highest BCUT2D eigenvalue weighted by atomic mass is 16.3. The first-order valence-corrected chi connectivity index (χ1v) is 5.73. The Morgan fingerprint density at radius 2 is 1.93 bits per heavy atom. The molecule has 0 radical (unpaired) electrons. The largest absolute Gasteiger partial charge is 0.388 e. The maximum Gasteiger partial charge on any atom is 0.0790 e. The molecule has 0 fully saturated rings. The molecule has 1 heteroatoms. The summed E-state index contributed by atoms with van der Waals surface area (Å²) in [5, 5.41) is 9.93. The van der Waals surface area contributed by atoms with E-state index in [-0.39, 0.29) is 6.10 Å². The fraction of sp³-hybridized carbons (Fsp3) is 0.429. The zero-order chi connectivity index (χ0) is 11.1. The van der Waals surface area contributed by atoms with Crippen LogP contribution in [-0.2, 0) is 0 Å². The van der Waals surface area contributed by atoms with Crippen LogP contribution in [0.15, 0.2) is 36.4 Å². The molecule has 0 aliphatic rings. The molecule has 1 N–H and O–H groups in total. The molecule has 0 spiro atoms. The second kappa shape index (κ2) is 6.41. The van der Waals surface area contributed by atoms with Gasteiger partial charge in [-0.15, -0.1) is 0 Å². The highest BCUT2D eigenvalue weighted by Gasteiger charge is 2.09. The molecule has 0 aliphatic heterocycles. The van der Waals surface area contributed by atoms with Crippen molar-refractivity contribution in [1.29, 1.82) is 0 Å². The SMILES string of the molecule is CCC/C=C(/c1ccccc1)C(O)CC. The third kappa shape index (κ3) is 3.52. The Balaban J connectivity index is 2.91. The standard InChI is InChI=1S/C14H20O/c1-3-5-11-13(14(15)4-2)12-9-7-6-8-10-12/h6-11,14-15H,3-5H2,1-2H3/b13-11-. The number of hydrogen-bond donors (Lipinski definition) is 1. The van der Waals surface area contributed by atoms with Crippen molar-refractivity contribution < 1.29 is 5.11 Å². The molecule has 1 rings (SSSR count). The number of unbranched alkanes of at least 4 members (excludes halogenated alkanes) is 1. The van der Waals surface area contributed by atoms with Crippen molar-refractivity contribution >= 4 is 5.57 Å². The van der Waals surface area contributed by atoms with Crippen LogP contribution in [0.4, 0.5) is 0 Å². The Kier molecular flexibility index (Phi) is 5.13. The fourth-order valence-electron chi connectivity index (χ4n) is 1.60. The van der Waals surface area contributed by atoms with Gasteiger partial charge >= 0.3 is 0 Å². The van der Waals surface area contributed by atoms with Crippen LogP contribution in [0.2, 0.25) is 0 Å². The first-order chi connectivity index (χ1) is 7.29. The lowest BCUT2D eigenvalue weighted by Gasteiger charge is -2.13. The van der Waals surface area contributed by atoms with Gasteiger partial charge in [-0.25, -0.2) is 0 Å². The summed E-state index contributed by atoms with van der Waals surface area (Å²) in [5.41, 5.74) is 2.21. The van der Waals surface area contributed by atoms with Crippen molar-refractivity contribution in [2.45, 2.75) is 39.2 Å². The van der Waals surface area contributed by atoms with E-state index in [1.54, 1.807) is 0 Å². The third-order valence-electron chi connectivity index (χ3n) is 2.51. The van der Waals surface area contributed by atoms with E-state index in [0.29, 0.717) is 0 Å². The highest BCUT2D eigenvalue weighted by molar-refractivity contribution is 5.68. The van der Waals surface area contributed by atoms with Gasteiger partial charge in [0.15, 0.2) is 0 Å². The van der Waals surface area contributed by atoms with E-state index in [1.807, 2.05) is 25.1 Å². The van der Waals surface area contributed by atoms with Crippen LogP contribution < -0.4 is 0 Å². The van der Waals surface area contributed by atoms with Crippen LogP contribution in [0, 0.1) is 0 Å². The molecule has 0 saturated carbocycles. The molecule has 1 aromatic rings. The van der Waals surface area contributed by atoms with Crippen LogP contribution in [0.25, 0.3) is 5.57 Å². The molecule has 1 nitrogen and oxygen atoms in total. The van der Waals surface area contributed by atoms with E-state index in [9.17, 15) is 5.11 Å². The lowest BCUT2D eigenvalue weighted by molar-refractivity contribution is 0.228. The van der Waals surface area contributed by atoms with Gasteiger partial charge in [0, 0.05) is 0 Å². The molecule has 0 saturated heterocycles. The molecule has 0 heterocycles.